The lowest BCUT2D eigenvalue weighted by atomic mass is 10.1. The number of ether oxygens (including phenoxy) is 2. The van der Waals surface area contributed by atoms with E-state index in [0.29, 0.717) is 34.5 Å². The average Bonchev–Trinajstić information content (AvgIpc) is 2.70. The number of aromatic nitrogens is 2. The van der Waals surface area contributed by atoms with Crippen molar-refractivity contribution >= 4 is 22.5 Å². The Morgan fingerprint density at radius 1 is 1.15 bits per heavy atom. The lowest BCUT2D eigenvalue weighted by Gasteiger charge is -2.18. The highest BCUT2D eigenvalue weighted by atomic mass is 16.5. The number of methoxy groups -OCH3 is 2. The number of hydrogen-bond acceptors (Lipinski definition) is 5. The number of benzene rings is 2. The molecule has 7 nitrogen and oxygen atoms in total. The summed E-state index contributed by atoms with van der Waals surface area (Å²) in [5, 5.41) is 3.31. The van der Waals surface area contributed by atoms with Crippen molar-refractivity contribution in [1.82, 2.24) is 9.55 Å². The zero-order valence-corrected chi connectivity index (χ0v) is 15.4. The summed E-state index contributed by atoms with van der Waals surface area (Å²) in [5.74, 6) is 0.802. The standard InChI is InChI=1S/C20H21N3O4/c1-4-18(23-12-21-17-8-6-5-7-16(17)20(23)25)19(24)22-13-9-14(26-2)11-15(10-13)27-3/h5-12,18H,4H2,1-3H3,(H,22,24). The van der Waals surface area contributed by atoms with Crippen LogP contribution in [0.3, 0.4) is 0 Å². The number of nitrogens with one attached hydrogen (secondary N) is 1. The maximum absolute atomic E-state index is 12.9. The molecular formula is C20H21N3O4. The van der Waals surface area contributed by atoms with E-state index >= 15 is 0 Å². The average molecular weight is 367 g/mol. The maximum atomic E-state index is 12.9. The van der Waals surface area contributed by atoms with Crippen LogP contribution in [-0.4, -0.2) is 29.7 Å². The normalized spacial score (nSPS) is 11.8. The Balaban J connectivity index is 1.93. The van der Waals surface area contributed by atoms with Gasteiger partial charge in [-0.15, -0.1) is 0 Å². The number of carbonyl (C=O) groups excluding carboxylic acids is 1. The van der Waals surface area contributed by atoms with Crippen molar-refractivity contribution in [1.29, 1.82) is 0 Å². The molecule has 0 spiro atoms. The Morgan fingerprint density at radius 3 is 2.44 bits per heavy atom. The summed E-state index contributed by atoms with van der Waals surface area (Å²) in [6.45, 7) is 1.85. The van der Waals surface area contributed by atoms with Crippen molar-refractivity contribution in [3.63, 3.8) is 0 Å². The number of rotatable bonds is 6. The van der Waals surface area contributed by atoms with E-state index in [9.17, 15) is 9.59 Å². The van der Waals surface area contributed by atoms with Crippen molar-refractivity contribution in [2.24, 2.45) is 0 Å². The molecule has 0 fully saturated rings. The molecule has 1 amide bonds. The van der Waals surface area contributed by atoms with Gasteiger partial charge in [-0.2, -0.15) is 0 Å². The van der Waals surface area contributed by atoms with Crippen LogP contribution in [0.25, 0.3) is 10.9 Å². The van der Waals surface area contributed by atoms with E-state index < -0.39 is 6.04 Å². The van der Waals surface area contributed by atoms with Gasteiger partial charge in [-0.05, 0) is 18.6 Å². The number of carbonyl (C=O) groups is 1. The van der Waals surface area contributed by atoms with E-state index in [0.717, 1.165) is 0 Å². The van der Waals surface area contributed by atoms with Gasteiger partial charge in [0, 0.05) is 23.9 Å². The Labute approximate surface area is 156 Å². The van der Waals surface area contributed by atoms with Crippen LogP contribution >= 0.6 is 0 Å². The molecule has 27 heavy (non-hydrogen) atoms. The second-order valence-electron chi connectivity index (χ2n) is 5.99. The number of anilines is 1. The first-order chi connectivity index (χ1) is 13.1. The lowest BCUT2D eigenvalue weighted by molar-refractivity contribution is -0.119. The molecule has 3 aromatic rings. The summed E-state index contributed by atoms with van der Waals surface area (Å²) in [7, 11) is 3.07. The van der Waals surface area contributed by atoms with Gasteiger partial charge in [-0.1, -0.05) is 19.1 Å². The van der Waals surface area contributed by atoms with Gasteiger partial charge in [0.2, 0.25) is 5.91 Å². The van der Waals surface area contributed by atoms with Crippen LogP contribution in [0.2, 0.25) is 0 Å². The SMILES string of the molecule is CCC(C(=O)Nc1cc(OC)cc(OC)c1)n1cnc2ccccc2c1=O. The first-order valence-corrected chi connectivity index (χ1v) is 8.57. The highest BCUT2D eigenvalue weighted by molar-refractivity contribution is 5.94. The fraction of sp³-hybridized carbons (Fsp3) is 0.250. The van der Waals surface area contributed by atoms with Crippen molar-refractivity contribution < 1.29 is 14.3 Å². The summed E-state index contributed by atoms with van der Waals surface area (Å²) in [4.78, 5) is 29.9. The quantitative estimate of drug-likeness (QED) is 0.724. The minimum atomic E-state index is -0.688. The van der Waals surface area contributed by atoms with E-state index in [1.165, 1.54) is 25.1 Å². The predicted octanol–water partition coefficient (Wildman–Crippen LogP) is 3.00. The van der Waals surface area contributed by atoms with Gasteiger partial charge in [0.25, 0.3) is 5.56 Å². The van der Waals surface area contributed by atoms with Crippen LogP contribution < -0.4 is 20.3 Å². The monoisotopic (exact) mass is 367 g/mol. The Kier molecular flexibility index (Phi) is 5.40. The molecule has 0 saturated heterocycles. The Bertz CT molecular complexity index is 1010. The zero-order valence-electron chi connectivity index (χ0n) is 15.4. The molecule has 0 aliphatic carbocycles. The summed E-state index contributed by atoms with van der Waals surface area (Å²) in [5.41, 5.74) is 0.883. The molecule has 1 aromatic heterocycles. The van der Waals surface area contributed by atoms with Crippen LogP contribution in [0, 0.1) is 0 Å². The Morgan fingerprint density at radius 2 is 1.81 bits per heavy atom. The predicted molar refractivity (Wildman–Crippen MR) is 104 cm³/mol. The van der Waals surface area contributed by atoms with E-state index in [-0.39, 0.29) is 11.5 Å². The van der Waals surface area contributed by atoms with Crippen LogP contribution in [0.5, 0.6) is 11.5 Å². The van der Waals surface area contributed by atoms with Crippen molar-refractivity contribution in [2.75, 3.05) is 19.5 Å². The second-order valence-corrected chi connectivity index (χ2v) is 5.99. The fourth-order valence-corrected chi connectivity index (χ4v) is 2.92. The van der Waals surface area contributed by atoms with E-state index in [1.54, 1.807) is 36.4 Å². The molecule has 2 aromatic carbocycles. The van der Waals surface area contributed by atoms with Crippen LogP contribution in [-0.2, 0) is 4.79 Å². The topological polar surface area (TPSA) is 82.4 Å². The fourth-order valence-electron chi connectivity index (χ4n) is 2.92. The van der Waals surface area contributed by atoms with Crippen molar-refractivity contribution in [2.45, 2.75) is 19.4 Å². The molecule has 1 heterocycles. The number of fused-ring (bicyclic) bond motifs is 1. The number of para-hydroxylation sites is 1. The largest absolute Gasteiger partial charge is 0.497 e. The maximum Gasteiger partial charge on any atom is 0.261 e. The Hall–Kier alpha value is -3.35. The van der Waals surface area contributed by atoms with Gasteiger partial charge in [-0.3, -0.25) is 14.2 Å². The van der Waals surface area contributed by atoms with Gasteiger partial charge in [-0.25, -0.2) is 4.98 Å². The number of amides is 1. The van der Waals surface area contributed by atoms with Gasteiger partial charge in [0.05, 0.1) is 31.4 Å². The number of nitrogens with zero attached hydrogens (tertiary/aromatic N) is 2. The first-order valence-electron chi connectivity index (χ1n) is 8.57. The van der Waals surface area contributed by atoms with Crippen LogP contribution in [0.4, 0.5) is 5.69 Å². The van der Waals surface area contributed by atoms with E-state index in [2.05, 4.69) is 10.3 Å². The molecule has 0 aliphatic heterocycles. The molecule has 140 valence electrons. The minimum absolute atomic E-state index is 0.245. The second kappa shape index (κ2) is 7.90. The zero-order chi connectivity index (χ0) is 19.4. The number of hydrogen-bond donors (Lipinski definition) is 1. The van der Waals surface area contributed by atoms with Crippen molar-refractivity contribution in [3.8, 4) is 11.5 Å². The summed E-state index contributed by atoms with van der Waals surface area (Å²) in [6, 6.07) is 11.5. The highest BCUT2D eigenvalue weighted by Gasteiger charge is 2.21. The third-order valence-corrected chi connectivity index (χ3v) is 4.33. The summed E-state index contributed by atoms with van der Waals surface area (Å²) >= 11 is 0. The van der Waals surface area contributed by atoms with E-state index in [1.807, 2.05) is 13.0 Å². The first kappa shape index (κ1) is 18.4. The van der Waals surface area contributed by atoms with Gasteiger partial charge in [0.1, 0.15) is 17.5 Å². The molecular weight excluding hydrogens is 346 g/mol. The highest BCUT2D eigenvalue weighted by Crippen LogP contribution is 2.26. The van der Waals surface area contributed by atoms with E-state index in [4.69, 9.17) is 9.47 Å². The van der Waals surface area contributed by atoms with Gasteiger partial charge in [0.15, 0.2) is 0 Å². The molecule has 0 radical (unpaired) electrons. The third-order valence-electron chi connectivity index (χ3n) is 4.33. The molecule has 0 saturated carbocycles. The molecule has 0 bridgehead atoms. The summed E-state index contributed by atoms with van der Waals surface area (Å²) < 4.78 is 11.8. The summed E-state index contributed by atoms with van der Waals surface area (Å²) in [6.07, 6.45) is 1.86. The lowest BCUT2D eigenvalue weighted by Crippen LogP contribution is -2.33. The molecule has 1 N–H and O–H groups in total. The van der Waals surface area contributed by atoms with Gasteiger partial charge >= 0.3 is 0 Å². The molecule has 1 atom stereocenters. The smallest absolute Gasteiger partial charge is 0.261 e. The van der Waals surface area contributed by atoms with Crippen molar-refractivity contribution in [3.05, 3.63) is 59.1 Å². The molecule has 3 rings (SSSR count). The van der Waals surface area contributed by atoms with Crippen LogP contribution in [0.1, 0.15) is 19.4 Å². The molecule has 7 heteroatoms. The minimum Gasteiger partial charge on any atom is -0.497 e. The molecule has 0 aliphatic rings. The van der Waals surface area contributed by atoms with Crippen LogP contribution in [0.15, 0.2) is 53.6 Å². The third kappa shape index (κ3) is 3.76. The van der Waals surface area contributed by atoms with Gasteiger partial charge < -0.3 is 14.8 Å². The molecule has 1 unspecified atom stereocenters.